The lowest BCUT2D eigenvalue weighted by Crippen LogP contribution is -2.39. The lowest BCUT2D eigenvalue weighted by molar-refractivity contribution is -0.385. The van der Waals surface area contributed by atoms with Crippen molar-refractivity contribution in [1.82, 2.24) is 5.32 Å². The number of nitro benzene ring substituents is 1. The SMILES string of the molecule is O=C(NCC1(c2ccc3c(c2)OCCO3)CCCC1)c1ccccc1[N+](=O)[O-]. The van der Waals surface area contributed by atoms with Gasteiger partial charge in [-0.25, -0.2) is 0 Å². The lowest BCUT2D eigenvalue weighted by Gasteiger charge is -2.31. The molecule has 1 aliphatic heterocycles. The predicted octanol–water partition coefficient (Wildman–Crippen LogP) is 3.61. The van der Waals surface area contributed by atoms with Crippen molar-refractivity contribution in [2.24, 2.45) is 0 Å². The molecule has 0 saturated heterocycles. The first-order valence-corrected chi connectivity index (χ1v) is 9.51. The molecule has 0 aromatic heterocycles. The van der Waals surface area contributed by atoms with E-state index in [-0.39, 0.29) is 16.7 Å². The minimum Gasteiger partial charge on any atom is -0.486 e. The number of nitrogens with zero attached hydrogens (tertiary/aromatic N) is 1. The molecule has 1 amide bonds. The predicted molar refractivity (Wildman–Crippen MR) is 103 cm³/mol. The molecular weight excluding hydrogens is 360 g/mol. The lowest BCUT2D eigenvalue weighted by atomic mass is 9.78. The first kappa shape index (κ1) is 18.3. The van der Waals surface area contributed by atoms with Crippen LogP contribution in [0.25, 0.3) is 0 Å². The van der Waals surface area contributed by atoms with E-state index in [1.807, 2.05) is 18.2 Å². The van der Waals surface area contributed by atoms with E-state index >= 15 is 0 Å². The van der Waals surface area contributed by atoms with Crippen LogP contribution in [0.4, 0.5) is 5.69 Å². The fourth-order valence-corrected chi connectivity index (χ4v) is 4.16. The molecule has 2 aromatic rings. The average Bonchev–Trinajstić information content (AvgIpc) is 3.22. The van der Waals surface area contributed by atoms with Gasteiger partial charge in [-0.1, -0.05) is 31.0 Å². The van der Waals surface area contributed by atoms with E-state index < -0.39 is 10.8 Å². The summed E-state index contributed by atoms with van der Waals surface area (Å²) in [6.45, 7) is 1.50. The molecule has 28 heavy (non-hydrogen) atoms. The molecule has 1 fully saturated rings. The minimum absolute atomic E-state index is 0.0859. The minimum atomic E-state index is -0.527. The first-order valence-electron chi connectivity index (χ1n) is 9.51. The standard InChI is InChI=1S/C21H22N2O5/c24-20(16-5-1-2-6-17(16)23(25)26)22-14-21(9-3-4-10-21)15-7-8-18-19(13-15)28-12-11-27-18/h1-2,5-8,13H,3-4,9-12,14H2,(H,22,24). The Morgan fingerprint density at radius 3 is 2.54 bits per heavy atom. The summed E-state index contributed by atoms with van der Waals surface area (Å²) >= 11 is 0. The number of nitrogens with one attached hydrogen (secondary N) is 1. The van der Waals surface area contributed by atoms with Gasteiger partial charge < -0.3 is 14.8 Å². The second-order valence-corrected chi connectivity index (χ2v) is 7.30. The van der Waals surface area contributed by atoms with Crippen molar-refractivity contribution in [3.8, 4) is 11.5 Å². The van der Waals surface area contributed by atoms with Crippen LogP contribution in [0.2, 0.25) is 0 Å². The number of hydrogen-bond donors (Lipinski definition) is 1. The number of rotatable bonds is 5. The van der Waals surface area contributed by atoms with Crippen molar-refractivity contribution in [2.45, 2.75) is 31.1 Å². The van der Waals surface area contributed by atoms with Gasteiger partial charge in [0.2, 0.25) is 0 Å². The maximum Gasteiger partial charge on any atom is 0.282 e. The molecule has 7 heteroatoms. The molecule has 0 atom stereocenters. The summed E-state index contributed by atoms with van der Waals surface area (Å²) in [6.07, 6.45) is 4.05. The molecule has 146 valence electrons. The molecule has 4 rings (SSSR count). The van der Waals surface area contributed by atoms with Crippen LogP contribution in [0.5, 0.6) is 11.5 Å². The van der Waals surface area contributed by atoms with E-state index in [0.717, 1.165) is 42.7 Å². The number of benzene rings is 2. The third-order valence-corrected chi connectivity index (χ3v) is 5.65. The summed E-state index contributed by atoms with van der Waals surface area (Å²) in [5.74, 6) is 1.06. The molecular formula is C21H22N2O5. The maximum atomic E-state index is 12.7. The topological polar surface area (TPSA) is 90.7 Å². The van der Waals surface area contributed by atoms with E-state index in [1.165, 1.54) is 12.1 Å². The number of ether oxygens (including phenoxy) is 2. The molecule has 0 unspecified atom stereocenters. The summed E-state index contributed by atoms with van der Waals surface area (Å²) < 4.78 is 11.3. The largest absolute Gasteiger partial charge is 0.486 e. The van der Waals surface area contributed by atoms with Crippen LogP contribution in [0.1, 0.15) is 41.6 Å². The van der Waals surface area contributed by atoms with Crippen LogP contribution in [-0.4, -0.2) is 30.6 Å². The molecule has 2 aliphatic rings. The second-order valence-electron chi connectivity index (χ2n) is 7.30. The molecule has 7 nitrogen and oxygen atoms in total. The maximum absolute atomic E-state index is 12.7. The van der Waals surface area contributed by atoms with Gasteiger partial charge in [-0.3, -0.25) is 14.9 Å². The van der Waals surface area contributed by atoms with Gasteiger partial charge in [-0.15, -0.1) is 0 Å². The van der Waals surface area contributed by atoms with Crippen molar-refractivity contribution in [1.29, 1.82) is 0 Å². The van der Waals surface area contributed by atoms with Gasteiger partial charge in [0.25, 0.3) is 11.6 Å². The van der Waals surface area contributed by atoms with Crippen LogP contribution in [0.15, 0.2) is 42.5 Å². The highest BCUT2D eigenvalue weighted by Crippen LogP contribution is 2.43. The molecule has 0 radical (unpaired) electrons. The van der Waals surface area contributed by atoms with Crippen molar-refractivity contribution in [2.75, 3.05) is 19.8 Å². The zero-order valence-electron chi connectivity index (χ0n) is 15.5. The highest BCUT2D eigenvalue weighted by Gasteiger charge is 2.37. The summed E-state index contributed by atoms with van der Waals surface area (Å²) in [6, 6.07) is 12.0. The number of carbonyl (C=O) groups excluding carboxylic acids is 1. The van der Waals surface area contributed by atoms with Gasteiger partial charge in [-0.05, 0) is 36.6 Å². The van der Waals surface area contributed by atoms with Crippen molar-refractivity contribution < 1.29 is 19.2 Å². The van der Waals surface area contributed by atoms with Crippen LogP contribution in [-0.2, 0) is 5.41 Å². The van der Waals surface area contributed by atoms with E-state index in [4.69, 9.17) is 9.47 Å². The van der Waals surface area contributed by atoms with Crippen LogP contribution < -0.4 is 14.8 Å². The number of amides is 1. The molecule has 2 aromatic carbocycles. The Labute approximate surface area is 162 Å². The van der Waals surface area contributed by atoms with Crippen molar-refractivity contribution >= 4 is 11.6 Å². The Morgan fingerprint density at radius 1 is 1.07 bits per heavy atom. The number of fused-ring (bicyclic) bond motifs is 1. The average molecular weight is 382 g/mol. The molecule has 1 heterocycles. The number of para-hydroxylation sites is 1. The zero-order valence-corrected chi connectivity index (χ0v) is 15.5. The summed E-state index contributed by atoms with van der Waals surface area (Å²) in [4.78, 5) is 23.4. The first-order chi connectivity index (χ1) is 13.6. The number of carbonyl (C=O) groups is 1. The van der Waals surface area contributed by atoms with E-state index in [9.17, 15) is 14.9 Å². The molecule has 1 saturated carbocycles. The van der Waals surface area contributed by atoms with Crippen molar-refractivity contribution in [3.63, 3.8) is 0 Å². The second kappa shape index (κ2) is 7.50. The Bertz CT molecular complexity index is 905. The van der Waals surface area contributed by atoms with Crippen LogP contribution in [0, 0.1) is 10.1 Å². The number of nitro groups is 1. The molecule has 1 aliphatic carbocycles. The Morgan fingerprint density at radius 2 is 1.79 bits per heavy atom. The van der Waals surface area contributed by atoms with Gasteiger partial charge in [0.1, 0.15) is 18.8 Å². The molecule has 0 spiro atoms. The van der Waals surface area contributed by atoms with Gasteiger partial charge >= 0.3 is 0 Å². The monoisotopic (exact) mass is 382 g/mol. The van der Waals surface area contributed by atoms with Crippen molar-refractivity contribution in [3.05, 3.63) is 63.7 Å². The Hall–Kier alpha value is -3.09. The zero-order chi connectivity index (χ0) is 19.6. The van der Waals surface area contributed by atoms with Gasteiger partial charge in [0.05, 0.1) is 4.92 Å². The van der Waals surface area contributed by atoms with E-state index in [2.05, 4.69) is 5.32 Å². The van der Waals surface area contributed by atoms with E-state index in [1.54, 1.807) is 12.1 Å². The quantitative estimate of drug-likeness (QED) is 0.630. The van der Waals surface area contributed by atoms with Gasteiger partial charge in [0, 0.05) is 18.0 Å². The summed E-state index contributed by atoms with van der Waals surface area (Å²) in [5, 5.41) is 14.1. The summed E-state index contributed by atoms with van der Waals surface area (Å²) in [7, 11) is 0. The highest BCUT2D eigenvalue weighted by molar-refractivity contribution is 5.98. The van der Waals surface area contributed by atoms with Crippen LogP contribution in [0.3, 0.4) is 0 Å². The Kier molecular flexibility index (Phi) is 4.90. The number of hydrogen-bond acceptors (Lipinski definition) is 5. The Balaban J connectivity index is 1.56. The van der Waals surface area contributed by atoms with Crippen LogP contribution >= 0.6 is 0 Å². The fraction of sp³-hybridized carbons (Fsp3) is 0.381. The van der Waals surface area contributed by atoms with E-state index in [0.29, 0.717) is 19.8 Å². The smallest absolute Gasteiger partial charge is 0.282 e. The third kappa shape index (κ3) is 3.40. The van der Waals surface area contributed by atoms with Gasteiger partial charge in [-0.2, -0.15) is 0 Å². The molecule has 0 bridgehead atoms. The third-order valence-electron chi connectivity index (χ3n) is 5.65. The highest BCUT2D eigenvalue weighted by atomic mass is 16.6. The molecule has 1 N–H and O–H groups in total. The van der Waals surface area contributed by atoms with Gasteiger partial charge in [0.15, 0.2) is 11.5 Å². The normalized spacial score (nSPS) is 17.1. The fourth-order valence-electron chi connectivity index (χ4n) is 4.16. The summed E-state index contributed by atoms with van der Waals surface area (Å²) in [5.41, 5.74) is 0.814.